The average Bonchev–Trinajstić information content (AvgIpc) is 2.37. The Hall–Kier alpha value is -0.580. The minimum atomic E-state index is -0.404. The second-order valence-corrected chi connectivity index (χ2v) is 6.25. The molecule has 0 aliphatic carbocycles. The largest absolute Gasteiger partial charge is 0.377 e. The van der Waals surface area contributed by atoms with Gasteiger partial charge < -0.3 is 5.32 Å². The van der Waals surface area contributed by atoms with Crippen LogP contribution in [0.15, 0.2) is 45.3 Å². The molecule has 0 spiro atoms. The molecule has 0 radical (unpaired) electrons. The van der Waals surface area contributed by atoms with Crippen LogP contribution in [0.5, 0.6) is 0 Å². The van der Waals surface area contributed by atoms with Gasteiger partial charge in [0, 0.05) is 15.0 Å². The fourth-order valence-corrected chi connectivity index (χ4v) is 3.06. The van der Waals surface area contributed by atoms with Crippen LogP contribution < -0.4 is 5.32 Å². The van der Waals surface area contributed by atoms with Crippen LogP contribution in [0.4, 0.5) is 10.1 Å². The average molecular weight is 408 g/mol. The minimum absolute atomic E-state index is 0.0400. The Morgan fingerprint density at radius 2 is 1.79 bits per heavy atom. The highest BCUT2D eigenvalue weighted by molar-refractivity contribution is 9.11. The van der Waals surface area contributed by atoms with Crippen LogP contribution in [0.25, 0.3) is 0 Å². The smallest absolute Gasteiger partial charge is 0.142 e. The van der Waals surface area contributed by atoms with Crippen molar-refractivity contribution in [2.45, 2.75) is 13.0 Å². The van der Waals surface area contributed by atoms with Gasteiger partial charge in [0.25, 0.3) is 0 Å². The fourth-order valence-electron chi connectivity index (χ4n) is 1.72. The van der Waals surface area contributed by atoms with Crippen molar-refractivity contribution in [3.8, 4) is 0 Å². The maximum atomic E-state index is 13.5. The molecule has 1 nitrogen and oxygen atoms in total. The predicted molar refractivity (Wildman–Crippen MR) is 85.3 cm³/mol. The van der Waals surface area contributed by atoms with Gasteiger partial charge in [-0.05, 0) is 68.6 Å². The van der Waals surface area contributed by atoms with Crippen LogP contribution in [0.1, 0.15) is 18.5 Å². The van der Waals surface area contributed by atoms with E-state index in [0.29, 0.717) is 0 Å². The number of halogens is 4. The molecule has 0 amide bonds. The molecule has 1 N–H and O–H groups in total. The van der Waals surface area contributed by atoms with E-state index >= 15 is 0 Å². The molecule has 0 saturated heterocycles. The Labute approximate surface area is 133 Å². The summed E-state index contributed by atoms with van der Waals surface area (Å²) in [6.07, 6.45) is 0. The molecular formula is C14H11Br2ClFN. The van der Waals surface area contributed by atoms with Crippen molar-refractivity contribution in [2.24, 2.45) is 0 Å². The Kier molecular flexibility index (Phi) is 4.87. The zero-order valence-electron chi connectivity index (χ0n) is 10.1. The molecule has 19 heavy (non-hydrogen) atoms. The van der Waals surface area contributed by atoms with E-state index in [1.807, 2.05) is 31.2 Å². The molecule has 0 saturated carbocycles. The lowest BCUT2D eigenvalue weighted by atomic mass is 10.1. The molecule has 0 bridgehead atoms. The van der Waals surface area contributed by atoms with E-state index < -0.39 is 5.82 Å². The van der Waals surface area contributed by atoms with Gasteiger partial charge in [-0.25, -0.2) is 4.39 Å². The minimum Gasteiger partial charge on any atom is -0.377 e. The Bertz CT molecular complexity index is 584. The maximum absolute atomic E-state index is 13.5. The van der Waals surface area contributed by atoms with Crippen molar-refractivity contribution < 1.29 is 4.39 Å². The van der Waals surface area contributed by atoms with Gasteiger partial charge in [-0.3, -0.25) is 0 Å². The van der Waals surface area contributed by atoms with Gasteiger partial charge in [0.2, 0.25) is 0 Å². The van der Waals surface area contributed by atoms with Crippen LogP contribution in [0, 0.1) is 5.82 Å². The third-order valence-electron chi connectivity index (χ3n) is 2.77. The summed E-state index contributed by atoms with van der Waals surface area (Å²) in [4.78, 5) is 0. The molecule has 0 fully saturated rings. The van der Waals surface area contributed by atoms with Gasteiger partial charge in [0.15, 0.2) is 0 Å². The Balaban J connectivity index is 2.25. The summed E-state index contributed by atoms with van der Waals surface area (Å²) in [6, 6.07) is 10.6. The Morgan fingerprint density at radius 3 is 2.37 bits per heavy atom. The summed E-state index contributed by atoms with van der Waals surface area (Å²) in [5, 5.41) is 3.47. The van der Waals surface area contributed by atoms with E-state index in [2.05, 4.69) is 37.2 Å². The first-order valence-corrected chi connectivity index (χ1v) is 7.61. The number of para-hydroxylation sites is 1. The molecule has 0 aliphatic rings. The van der Waals surface area contributed by atoms with Crippen molar-refractivity contribution in [3.05, 3.63) is 61.7 Å². The number of nitrogens with one attached hydrogen (secondary N) is 1. The lowest BCUT2D eigenvalue weighted by Gasteiger charge is -2.18. The summed E-state index contributed by atoms with van der Waals surface area (Å²) >= 11 is 12.7. The predicted octanol–water partition coefficient (Wildman–Crippen LogP) is 6.18. The van der Waals surface area contributed by atoms with Crippen LogP contribution in [-0.2, 0) is 0 Å². The summed E-state index contributed by atoms with van der Waals surface area (Å²) in [5.41, 5.74) is 1.77. The summed E-state index contributed by atoms with van der Waals surface area (Å²) in [7, 11) is 0. The molecule has 2 rings (SSSR count). The molecule has 5 heteroatoms. The SMILES string of the molecule is CC(Nc1c(Br)cccc1Br)c1ccc(Cl)c(F)c1. The van der Waals surface area contributed by atoms with Crippen LogP contribution in [0.2, 0.25) is 5.02 Å². The van der Waals surface area contributed by atoms with Crippen LogP contribution >= 0.6 is 43.5 Å². The summed E-state index contributed by atoms with van der Waals surface area (Å²) < 4.78 is 15.4. The van der Waals surface area contributed by atoms with Gasteiger partial charge >= 0.3 is 0 Å². The molecule has 2 aromatic rings. The van der Waals surface area contributed by atoms with Gasteiger partial charge in [-0.2, -0.15) is 0 Å². The lowest BCUT2D eigenvalue weighted by molar-refractivity contribution is 0.624. The first-order valence-electron chi connectivity index (χ1n) is 5.64. The van der Waals surface area contributed by atoms with E-state index in [1.54, 1.807) is 6.07 Å². The second-order valence-electron chi connectivity index (χ2n) is 4.14. The number of anilines is 1. The standard InChI is InChI=1S/C14H11Br2ClFN/c1-8(9-5-6-12(17)13(18)7-9)19-14-10(15)3-2-4-11(14)16/h2-8,19H,1H3. The molecule has 100 valence electrons. The Morgan fingerprint density at radius 1 is 1.16 bits per heavy atom. The lowest BCUT2D eigenvalue weighted by Crippen LogP contribution is -2.08. The van der Waals surface area contributed by atoms with E-state index in [1.165, 1.54) is 6.07 Å². The molecule has 2 aromatic carbocycles. The third kappa shape index (κ3) is 3.50. The normalized spacial score (nSPS) is 12.3. The highest BCUT2D eigenvalue weighted by Gasteiger charge is 2.11. The number of hydrogen-bond acceptors (Lipinski definition) is 1. The monoisotopic (exact) mass is 405 g/mol. The molecule has 0 heterocycles. The highest BCUT2D eigenvalue weighted by Crippen LogP contribution is 2.33. The van der Waals surface area contributed by atoms with Crippen molar-refractivity contribution in [3.63, 3.8) is 0 Å². The first kappa shape index (κ1) is 14.8. The molecular weight excluding hydrogens is 396 g/mol. The van der Waals surface area contributed by atoms with Gasteiger partial charge in [-0.15, -0.1) is 0 Å². The van der Waals surface area contributed by atoms with Crippen molar-refractivity contribution in [2.75, 3.05) is 5.32 Å². The second kappa shape index (κ2) is 6.25. The summed E-state index contributed by atoms with van der Waals surface area (Å²) in [5.74, 6) is -0.404. The van der Waals surface area contributed by atoms with E-state index in [4.69, 9.17) is 11.6 Å². The van der Waals surface area contributed by atoms with E-state index in [-0.39, 0.29) is 11.1 Å². The van der Waals surface area contributed by atoms with E-state index in [0.717, 1.165) is 20.2 Å². The quantitative estimate of drug-likeness (QED) is 0.641. The van der Waals surface area contributed by atoms with Gasteiger partial charge in [0.1, 0.15) is 5.82 Å². The van der Waals surface area contributed by atoms with E-state index in [9.17, 15) is 4.39 Å². The number of benzene rings is 2. The van der Waals surface area contributed by atoms with Gasteiger partial charge in [0.05, 0.1) is 10.7 Å². The van der Waals surface area contributed by atoms with Crippen molar-refractivity contribution >= 4 is 49.1 Å². The highest BCUT2D eigenvalue weighted by atomic mass is 79.9. The molecule has 1 atom stereocenters. The fraction of sp³-hybridized carbons (Fsp3) is 0.143. The number of rotatable bonds is 3. The zero-order valence-corrected chi connectivity index (χ0v) is 14.0. The number of hydrogen-bond donors (Lipinski definition) is 1. The maximum Gasteiger partial charge on any atom is 0.142 e. The van der Waals surface area contributed by atoms with Gasteiger partial charge in [-0.1, -0.05) is 23.7 Å². The molecule has 1 unspecified atom stereocenters. The molecule has 0 aromatic heterocycles. The van der Waals surface area contributed by atoms with Crippen molar-refractivity contribution in [1.29, 1.82) is 0 Å². The van der Waals surface area contributed by atoms with Crippen molar-refractivity contribution in [1.82, 2.24) is 0 Å². The zero-order chi connectivity index (χ0) is 14.0. The van der Waals surface area contributed by atoms with Crippen LogP contribution in [-0.4, -0.2) is 0 Å². The summed E-state index contributed by atoms with van der Waals surface area (Å²) in [6.45, 7) is 1.97. The first-order chi connectivity index (χ1) is 8.99. The topological polar surface area (TPSA) is 12.0 Å². The molecule has 0 aliphatic heterocycles. The van der Waals surface area contributed by atoms with Crippen LogP contribution in [0.3, 0.4) is 0 Å². The third-order valence-corrected chi connectivity index (χ3v) is 4.40.